The van der Waals surface area contributed by atoms with Crippen LogP contribution in [0.3, 0.4) is 0 Å². The summed E-state index contributed by atoms with van der Waals surface area (Å²) in [5.74, 6) is -0.110. The van der Waals surface area contributed by atoms with Gasteiger partial charge in [0.25, 0.3) is 11.8 Å². The Hall–Kier alpha value is -3.42. The summed E-state index contributed by atoms with van der Waals surface area (Å²) in [6.07, 6.45) is 3.71. The fourth-order valence-electron chi connectivity index (χ4n) is 2.75. The van der Waals surface area contributed by atoms with Crippen LogP contribution in [0.1, 0.15) is 23.8 Å². The lowest BCUT2D eigenvalue weighted by Crippen LogP contribution is -2.30. The lowest BCUT2D eigenvalue weighted by Gasteiger charge is -2.12. The number of aromatic nitrogens is 3. The molecule has 0 aliphatic heterocycles. The van der Waals surface area contributed by atoms with Gasteiger partial charge in [-0.25, -0.2) is 4.98 Å². The van der Waals surface area contributed by atoms with Crippen molar-refractivity contribution in [3.63, 3.8) is 0 Å². The van der Waals surface area contributed by atoms with Crippen molar-refractivity contribution >= 4 is 22.4 Å². The summed E-state index contributed by atoms with van der Waals surface area (Å²) in [5.41, 5.74) is 8.10. The molecular weight excluding hydrogens is 334 g/mol. The van der Waals surface area contributed by atoms with E-state index in [1.807, 2.05) is 25.1 Å². The van der Waals surface area contributed by atoms with Crippen LogP contribution < -0.4 is 20.6 Å². The first-order chi connectivity index (χ1) is 12.6. The molecule has 1 aromatic carbocycles. The van der Waals surface area contributed by atoms with Crippen LogP contribution in [-0.4, -0.2) is 29.6 Å². The normalized spacial score (nSPS) is 10.7. The number of hydrogen-bond acceptors (Lipinski definition) is 6. The number of anilines is 1. The average molecular weight is 353 g/mol. The number of carbonyl (C=O) groups excluding carboxylic acids is 1. The SMILES string of the molecule is CCCNC(=O)c1ncc2c(-c3cc[n+]([O-])nc3OC)cccc2c1N. The van der Waals surface area contributed by atoms with Gasteiger partial charge in [0, 0.05) is 29.6 Å². The Kier molecular flexibility index (Phi) is 4.83. The van der Waals surface area contributed by atoms with Crippen molar-refractivity contribution in [1.82, 2.24) is 15.4 Å². The number of methoxy groups -OCH3 is 1. The Morgan fingerprint density at radius 3 is 2.85 bits per heavy atom. The zero-order chi connectivity index (χ0) is 18.7. The van der Waals surface area contributed by atoms with E-state index < -0.39 is 0 Å². The highest BCUT2D eigenvalue weighted by molar-refractivity contribution is 6.09. The summed E-state index contributed by atoms with van der Waals surface area (Å²) >= 11 is 0. The van der Waals surface area contributed by atoms with Gasteiger partial charge in [0.15, 0.2) is 5.69 Å². The molecule has 26 heavy (non-hydrogen) atoms. The fourth-order valence-corrected chi connectivity index (χ4v) is 2.75. The van der Waals surface area contributed by atoms with Crippen LogP contribution in [0.15, 0.2) is 36.7 Å². The van der Waals surface area contributed by atoms with E-state index in [1.54, 1.807) is 12.3 Å². The molecule has 8 heteroatoms. The Morgan fingerprint density at radius 2 is 2.12 bits per heavy atom. The number of nitrogens with one attached hydrogen (secondary N) is 1. The molecule has 1 amide bonds. The molecule has 3 aromatic rings. The molecule has 134 valence electrons. The smallest absolute Gasteiger partial charge is 0.288 e. The third-order valence-electron chi connectivity index (χ3n) is 4.00. The molecule has 3 rings (SSSR count). The van der Waals surface area contributed by atoms with Gasteiger partial charge in [0.05, 0.1) is 23.5 Å². The minimum atomic E-state index is -0.303. The second-order valence-corrected chi connectivity index (χ2v) is 5.68. The van der Waals surface area contributed by atoms with Gasteiger partial charge in [0.2, 0.25) is 6.20 Å². The van der Waals surface area contributed by atoms with Crippen molar-refractivity contribution in [2.24, 2.45) is 0 Å². The number of rotatable bonds is 5. The van der Waals surface area contributed by atoms with Crippen LogP contribution in [0.25, 0.3) is 21.9 Å². The number of fused-ring (bicyclic) bond motifs is 1. The minimum absolute atomic E-state index is 0.193. The Morgan fingerprint density at radius 1 is 1.31 bits per heavy atom. The van der Waals surface area contributed by atoms with Crippen LogP contribution in [0.5, 0.6) is 5.88 Å². The van der Waals surface area contributed by atoms with E-state index in [9.17, 15) is 10.0 Å². The number of benzene rings is 1. The van der Waals surface area contributed by atoms with Gasteiger partial charge in [-0.2, -0.15) is 0 Å². The summed E-state index contributed by atoms with van der Waals surface area (Å²) in [5, 5.41) is 19.4. The third-order valence-corrected chi connectivity index (χ3v) is 4.00. The van der Waals surface area contributed by atoms with E-state index in [0.717, 1.165) is 17.4 Å². The Labute approximate surface area is 150 Å². The van der Waals surface area contributed by atoms with E-state index in [1.165, 1.54) is 13.3 Å². The van der Waals surface area contributed by atoms with Gasteiger partial charge in [-0.1, -0.05) is 30.0 Å². The Bertz CT molecular complexity index is 974. The first kappa shape index (κ1) is 17.4. The van der Waals surface area contributed by atoms with Gasteiger partial charge < -0.3 is 21.0 Å². The molecule has 0 spiro atoms. The molecular formula is C18H19N5O3. The maximum atomic E-state index is 12.2. The van der Waals surface area contributed by atoms with E-state index in [0.29, 0.717) is 28.0 Å². The number of nitrogen functional groups attached to an aromatic ring is 1. The largest absolute Gasteiger partial charge is 0.594 e. The van der Waals surface area contributed by atoms with Crippen molar-refractivity contribution in [3.05, 3.63) is 47.6 Å². The quantitative estimate of drug-likeness (QED) is 0.532. The van der Waals surface area contributed by atoms with E-state index in [4.69, 9.17) is 10.5 Å². The van der Waals surface area contributed by atoms with Gasteiger partial charge in [-0.05, 0) is 12.0 Å². The number of hydrogen-bond donors (Lipinski definition) is 2. The summed E-state index contributed by atoms with van der Waals surface area (Å²) in [6, 6.07) is 7.11. The van der Waals surface area contributed by atoms with Gasteiger partial charge >= 0.3 is 0 Å². The summed E-state index contributed by atoms with van der Waals surface area (Å²) in [7, 11) is 1.44. The maximum absolute atomic E-state index is 12.2. The number of pyridine rings is 1. The number of nitrogens with zero attached hydrogens (tertiary/aromatic N) is 3. The zero-order valence-corrected chi connectivity index (χ0v) is 14.5. The van der Waals surface area contributed by atoms with Crippen molar-refractivity contribution in [1.29, 1.82) is 0 Å². The molecule has 2 heterocycles. The topological polar surface area (TPSA) is 117 Å². The maximum Gasteiger partial charge on any atom is 0.288 e. The van der Waals surface area contributed by atoms with Gasteiger partial charge in [-0.3, -0.25) is 4.79 Å². The van der Waals surface area contributed by atoms with Crippen LogP contribution in [0.4, 0.5) is 5.69 Å². The molecule has 0 bridgehead atoms. The minimum Gasteiger partial charge on any atom is -0.594 e. The first-order valence-electron chi connectivity index (χ1n) is 8.17. The predicted molar refractivity (Wildman–Crippen MR) is 97.5 cm³/mol. The first-order valence-corrected chi connectivity index (χ1v) is 8.17. The summed E-state index contributed by atoms with van der Waals surface area (Å²) < 4.78 is 5.22. The lowest BCUT2D eigenvalue weighted by molar-refractivity contribution is -0.669. The highest BCUT2D eigenvalue weighted by atomic mass is 16.5. The summed E-state index contributed by atoms with van der Waals surface area (Å²) in [6.45, 7) is 2.52. The van der Waals surface area contributed by atoms with Crippen LogP contribution in [0.2, 0.25) is 0 Å². The number of carbonyl (C=O) groups is 1. The molecule has 0 fully saturated rings. The van der Waals surface area contributed by atoms with Gasteiger partial charge in [-0.15, -0.1) is 0 Å². The zero-order valence-electron chi connectivity index (χ0n) is 14.5. The number of amides is 1. The molecule has 3 N–H and O–H groups in total. The molecule has 0 radical (unpaired) electrons. The van der Waals surface area contributed by atoms with Gasteiger partial charge in [0.1, 0.15) is 0 Å². The van der Waals surface area contributed by atoms with Crippen LogP contribution >= 0.6 is 0 Å². The van der Waals surface area contributed by atoms with Crippen LogP contribution in [0, 0.1) is 5.21 Å². The molecule has 2 aromatic heterocycles. The third kappa shape index (κ3) is 3.08. The van der Waals surface area contributed by atoms with Crippen molar-refractivity contribution in [2.45, 2.75) is 13.3 Å². The van der Waals surface area contributed by atoms with E-state index >= 15 is 0 Å². The number of ether oxygens (including phenoxy) is 1. The molecule has 8 nitrogen and oxygen atoms in total. The van der Waals surface area contributed by atoms with Crippen molar-refractivity contribution < 1.29 is 14.4 Å². The average Bonchev–Trinajstić information content (AvgIpc) is 2.66. The summed E-state index contributed by atoms with van der Waals surface area (Å²) in [4.78, 5) is 16.9. The molecule has 0 aliphatic rings. The molecule has 0 saturated heterocycles. The second-order valence-electron chi connectivity index (χ2n) is 5.68. The molecule has 0 aliphatic carbocycles. The fraction of sp³-hybridized carbons (Fsp3) is 0.222. The lowest BCUT2D eigenvalue weighted by atomic mass is 9.99. The highest BCUT2D eigenvalue weighted by Gasteiger charge is 2.18. The second kappa shape index (κ2) is 7.22. The number of nitrogens with two attached hydrogens (primary N) is 1. The van der Waals surface area contributed by atoms with E-state index in [2.05, 4.69) is 15.4 Å². The van der Waals surface area contributed by atoms with Crippen LogP contribution in [-0.2, 0) is 0 Å². The van der Waals surface area contributed by atoms with E-state index in [-0.39, 0.29) is 17.5 Å². The monoisotopic (exact) mass is 353 g/mol. The predicted octanol–water partition coefficient (Wildman–Crippen LogP) is 1.66. The molecule has 0 atom stereocenters. The van der Waals surface area contributed by atoms with Crippen molar-refractivity contribution in [3.8, 4) is 17.0 Å². The highest BCUT2D eigenvalue weighted by Crippen LogP contribution is 2.35. The van der Waals surface area contributed by atoms with Crippen molar-refractivity contribution in [2.75, 3.05) is 19.4 Å². The standard InChI is InChI=1S/C18H19N5O3/c1-3-8-20-17(24)16-15(19)12-6-4-5-11(14(12)10-21-16)13-7-9-23(25)22-18(13)26-2/h4-7,9-10H,3,8,19H2,1-2H3,(H,20,24). The molecule has 0 unspecified atom stereocenters. The Balaban J connectivity index is 2.16. The molecule has 0 saturated carbocycles.